The SMILES string of the molecule is COc1cc(CCl)cc(Br)c1OCc1csc(C)n1. The molecule has 0 fully saturated rings. The molecule has 1 aromatic carbocycles. The average molecular weight is 363 g/mol. The molecule has 0 unspecified atom stereocenters. The van der Waals surface area contributed by atoms with Crippen LogP contribution in [-0.4, -0.2) is 12.1 Å². The highest BCUT2D eigenvalue weighted by atomic mass is 79.9. The van der Waals surface area contributed by atoms with Crippen molar-refractivity contribution in [1.82, 2.24) is 4.98 Å². The molecule has 0 amide bonds. The second-order valence-electron chi connectivity index (χ2n) is 3.89. The fraction of sp³-hybridized carbons (Fsp3) is 0.308. The largest absolute Gasteiger partial charge is 0.493 e. The Morgan fingerprint density at radius 2 is 2.21 bits per heavy atom. The van der Waals surface area contributed by atoms with Crippen LogP contribution in [0.3, 0.4) is 0 Å². The number of hydrogen-bond acceptors (Lipinski definition) is 4. The van der Waals surface area contributed by atoms with Gasteiger partial charge in [-0.2, -0.15) is 0 Å². The smallest absolute Gasteiger partial charge is 0.175 e. The number of aromatic nitrogens is 1. The van der Waals surface area contributed by atoms with E-state index in [0.29, 0.717) is 24.0 Å². The predicted octanol–water partition coefficient (Wildman–Crippen LogP) is 4.54. The minimum atomic E-state index is 0.416. The molecule has 1 heterocycles. The molecule has 3 nitrogen and oxygen atoms in total. The van der Waals surface area contributed by atoms with E-state index in [1.165, 1.54) is 0 Å². The summed E-state index contributed by atoms with van der Waals surface area (Å²) in [7, 11) is 1.61. The van der Waals surface area contributed by atoms with Gasteiger partial charge >= 0.3 is 0 Å². The minimum absolute atomic E-state index is 0.416. The van der Waals surface area contributed by atoms with Crippen molar-refractivity contribution in [3.05, 3.63) is 38.3 Å². The third kappa shape index (κ3) is 3.61. The highest BCUT2D eigenvalue weighted by Gasteiger charge is 2.12. The molecule has 0 bridgehead atoms. The number of benzene rings is 1. The first-order valence-electron chi connectivity index (χ1n) is 5.60. The fourth-order valence-corrected chi connectivity index (χ4v) is 2.97. The molecule has 19 heavy (non-hydrogen) atoms. The summed E-state index contributed by atoms with van der Waals surface area (Å²) in [5, 5.41) is 3.02. The zero-order chi connectivity index (χ0) is 13.8. The number of hydrogen-bond donors (Lipinski definition) is 0. The number of methoxy groups -OCH3 is 1. The van der Waals surface area contributed by atoms with Gasteiger partial charge < -0.3 is 9.47 Å². The van der Waals surface area contributed by atoms with Crippen molar-refractivity contribution in [2.45, 2.75) is 19.4 Å². The Kier molecular flexibility index (Phi) is 5.07. The Balaban J connectivity index is 2.19. The molecule has 0 atom stereocenters. The highest BCUT2D eigenvalue weighted by Crippen LogP contribution is 2.37. The molecule has 102 valence electrons. The molecule has 6 heteroatoms. The summed E-state index contributed by atoms with van der Waals surface area (Å²) >= 11 is 10.9. The lowest BCUT2D eigenvalue weighted by Crippen LogP contribution is -1.99. The van der Waals surface area contributed by atoms with Crippen LogP contribution in [0.15, 0.2) is 22.0 Å². The number of aryl methyl sites for hydroxylation is 1. The van der Waals surface area contributed by atoms with Crippen LogP contribution < -0.4 is 9.47 Å². The van der Waals surface area contributed by atoms with Crippen LogP contribution in [0.25, 0.3) is 0 Å². The minimum Gasteiger partial charge on any atom is -0.493 e. The van der Waals surface area contributed by atoms with Gasteiger partial charge in [-0.3, -0.25) is 0 Å². The lowest BCUT2D eigenvalue weighted by atomic mass is 10.2. The summed E-state index contributed by atoms with van der Waals surface area (Å²) in [5.74, 6) is 1.76. The van der Waals surface area contributed by atoms with Crippen LogP contribution in [0.1, 0.15) is 16.3 Å². The summed E-state index contributed by atoms with van der Waals surface area (Å²) in [6.07, 6.45) is 0. The Bertz CT molecular complexity index is 574. The summed E-state index contributed by atoms with van der Waals surface area (Å²) < 4.78 is 11.9. The molecule has 0 spiro atoms. The van der Waals surface area contributed by atoms with Crippen LogP contribution >= 0.6 is 38.9 Å². The Hall–Kier alpha value is -0.780. The van der Waals surface area contributed by atoms with Crippen LogP contribution in [0.2, 0.25) is 0 Å². The van der Waals surface area contributed by atoms with Gasteiger partial charge in [-0.25, -0.2) is 4.98 Å². The number of rotatable bonds is 5. The Morgan fingerprint density at radius 1 is 1.42 bits per heavy atom. The number of ether oxygens (including phenoxy) is 2. The quantitative estimate of drug-likeness (QED) is 0.732. The number of thiazole rings is 1. The lowest BCUT2D eigenvalue weighted by molar-refractivity contribution is 0.279. The molecule has 0 saturated carbocycles. The van der Waals surface area contributed by atoms with Crippen LogP contribution in [0.4, 0.5) is 0 Å². The number of alkyl halides is 1. The van der Waals surface area contributed by atoms with Crippen molar-refractivity contribution in [3.8, 4) is 11.5 Å². The van der Waals surface area contributed by atoms with Crippen LogP contribution in [-0.2, 0) is 12.5 Å². The Labute approximate surface area is 129 Å². The summed E-state index contributed by atoms with van der Waals surface area (Å²) in [6.45, 7) is 2.39. The molecular formula is C13H13BrClNO2S. The van der Waals surface area contributed by atoms with Crippen molar-refractivity contribution < 1.29 is 9.47 Å². The Morgan fingerprint density at radius 3 is 2.79 bits per heavy atom. The summed E-state index contributed by atoms with van der Waals surface area (Å²) in [6, 6.07) is 3.80. The van der Waals surface area contributed by atoms with Gasteiger partial charge in [0, 0.05) is 11.3 Å². The predicted molar refractivity (Wildman–Crippen MR) is 81.4 cm³/mol. The third-order valence-electron chi connectivity index (χ3n) is 2.47. The summed E-state index contributed by atoms with van der Waals surface area (Å²) in [4.78, 5) is 4.36. The number of nitrogens with zero attached hydrogens (tertiary/aromatic N) is 1. The highest BCUT2D eigenvalue weighted by molar-refractivity contribution is 9.10. The van der Waals surface area contributed by atoms with E-state index in [2.05, 4.69) is 20.9 Å². The van der Waals surface area contributed by atoms with Gasteiger partial charge in [-0.1, -0.05) is 0 Å². The molecule has 0 aliphatic rings. The van der Waals surface area contributed by atoms with Crippen molar-refractivity contribution in [1.29, 1.82) is 0 Å². The normalized spacial score (nSPS) is 10.5. The van der Waals surface area contributed by atoms with Gasteiger partial charge in [0.05, 0.1) is 22.3 Å². The molecule has 2 aromatic rings. The topological polar surface area (TPSA) is 31.4 Å². The monoisotopic (exact) mass is 361 g/mol. The second kappa shape index (κ2) is 6.59. The molecule has 0 radical (unpaired) electrons. The standard InChI is InChI=1S/C13H13BrClNO2S/c1-8-16-10(7-19-8)6-18-13-11(14)3-9(5-15)4-12(13)17-2/h3-4,7H,5-6H2,1-2H3. The first kappa shape index (κ1) is 14.6. The first-order valence-corrected chi connectivity index (χ1v) is 7.81. The molecule has 0 aliphatic heterocycles. The fourth-order valence-electron chi connectivity index (χ4n) is 1.61. The van der Waals surface area contributed by atoms with E-state index in [4.69, 9.17) is 21.1 Å². The maximum Gasteiger partial charge on any atom is 0.175 e. The van der Waals surface area contributed by atoms with Crippen molar-refractivity contribution in [2.75, 3.05) is 7.11 Å². The van der Waals surface area contributed by atoms with Crippen molar-refractivity contribution in [2.24, 2.45) is 0 Å². The van der Waals surface area contributed by atoms with E-state index in [-0.39, 0.29) is 0 Å². The van der Waals surface area contributed by atoms with E-state index in [1.54, 1.807) is 18.4 Å². The average Bonchev–Trinajstić information content (AvgIpc) is 2.82. The van der Waals surface area contributed by atoms with E-state index in [9.17, 15) is 0 Å². The zero-order valence-electron chi connectivity index (χ0n) is 10.6. The molecule has 0 aliphatic carbocycles. The van der Waals surface area contributed by atoms with E-state index < -0.39 is 0 Å². The summed E-state index contributed by atoms with van der Waals surface area (Å²) in [5.41, 5.74) is 1.89. The van der Waals surface area contributed by atoms with Gasteiger partial charge in [-0.15, -0.1) is 22.9 Å². The maximum atomic E-state index is 5.83. The van der Waals surface area contributed by atoms with Crippen molar-refractivity contribution >= 4 is 38.9 Å². The zero-order valence-corrected chi connectivity index (χ0v) is 13.7. The van der Waals surface area contributed by atoms with Gasteiger partial charge in [0.15, 0.2) is 11.5 Å². The van der Waals surface area contributed by atoms with E-state index in [0.717, 1.165) is 20.7 Å². The second-order valence-corrected chi connectivity index (χ2v) is 6.07. The van der Waals surface area contributed by atoms with Crippen LogP contribution in [0.5, 0.6) is 11.5 Å². The third-order valence-corrected chi connectivity index (χ3v) is 4.19. The van der Waals surface area contributed by atoms with Crippen molar-refractivity contribution in [3.63, 3.8) is 0 Å². The first-order chi connectivity index (χ1) is 9.13. The number of halogens is 2. The van der Waals surface area contributed by atoms with Gasteiger partial charge in [0.1, 0.15) is 6.61 Å². The molecule has 0 N–H and O–H groups in total. The van der Waals surface area contributed by atoms with E-state index >= 15 is 0 Å². The van der Waals surface area contributed by atoms with Gasteiger partial charge in [0.25, 0.3) is 0 Å². The van der Waals surface area contributed by atoms with Crippen LogP contribution in [0, 0.1) is 6.92 Å². The molecule has 2 rings (SSSR count). The molecule has 0 saturated heterocycles. The van der Waals surface area contributed by atoms with E-state index in [1.807, 2.05) is 24.4 Å². The maximum absolute atomic E-state index is 5.83. The molecule has 1 aromatic heterocycles. The lowest BCUT2D eigenvalue weighted by Gasteiger charge is -2.13. The van der Waals surface area contributed by atoms with Gasteiger partial charge in [0.2, 0.25) is 0 Å². The van der Waals surface area contributed by atoms with Gasteiger partial charge in [-0.05, 0) is 40.5 Å². The molecular weight excluding hydrogens is 350 g/mol.